The zero-order chi connectivity index (χ0) is 15.6. The van der Waals surface area contributed by atoms with Crippen molar-refractivity contribution >= 4 is 11.8 Å². The van der Waals surface area contributed by atoms with Gasteiger partial charge in [0.05, 0.1) is 0 Å². The second kappa shape index (κ2) is 5.61. The SMILES string of the molecule is C#CCC(C)N1C(=O)C(C)(c2ccccc2)NC(=O)C1C. The molecule has 0 aliphatic carbocycles. The highest BCUT2D eigenvalue weighted by atomic mass is 16.2. The Morgan fingerprint density at radius 3 is 2.57 bits per heavy atom. The summed E-state index contributed by atoms with van der Waals surface area (Å²) in [5.41, 5.74) is -0.276. The largest absolute Gasteiger partial charge is 0.336 e. The van der Waals surface area contributed by atoms with E-state index < -0.39 is 11.6 Å². The zero-order valence-corrected chi connectivity index (χ0v) is 12.6. The zero-order valence-electron chi connectivity index (χ0n) is 12.6. The van der Waals surface area contributed by atoms with Gasteiger partial charge in [-0.3, -0.25) is 9.59 Å². The van der Waals surface area contributed by atoms with E-state index in [0.717, 1.165) is 5.56 Å². The first-order valence-corrected chi connectivity index (χ1v) is 7.05. The first-order valence-electron chi connectivity index (χ1n) is 7.05. The molecule has 0 radical (unpaired) electrons. The number of hydrogen-bond donors (Lipinski definition) is 1. The van der Waals surface area contributed by atoms with Crippen LogP contribution in [0.3, 0.4) is 0 Å². The highest BCUT2D eigenvalue weighted by Gasteiger charge is 2.48. The molecule has 2 rings (SSSR count). The predicted octanol–water partition coefficient (Wildman–Crippen LogP) is 1.66. The number of benzene rings is 1. The van der Waals surface area contributed by atoms with Crippen LogP contribution in [0.5, 0.6) is 0 Å². The molecule has 0 bridgehead atoms. The van der Waals surface area contributed by atoms with Gasteiger partial charge in [-0.1, -0.05) is 30.3 Å². The summed E-state index contributed by atoms with van der Waals surface area (Å²) in [4.78, 5) is 26.9. The van der Waals surface area contributed by atoms with Crippen molar-refractivity contribution in [2.45, 2.75) is 44.8 Å². The van der Waals surface area contributed by atoms with Gasteiger partial charge in [-0.15, -0.1) is 12.3 Å². The lowest BCUT2D eigenvalue weighted by atomic mass is 9.86. The summed E-state index contributed by atoms with van der Waals surface area (Å²) in [5, 5.41) is 2.85. The number of rotatable bonds is 3. The van der Waals surface area contributed by atoms with Crippen LogP contribution in [0.25, 0.3) is 0 Å². The van der Waals surface area contributed by atoms with E-state index >= 15 is 0 Å². The molecule has 110 valence electrons. The fourth-order valence-electron chi connectivity index (χ4n) is 2.78. The van der Waals surface area contributed by atoms with Gasteiger partial charge in [-0.25, -0.2) is 0 Å². The molecule has 0 saturated carbocycles. The highest BCUT2D eigenvalue weighted by Crippen LogP contribution is 2.30. The van der Waals surface area contributed by atoms with E-state index in [1.807, 2.05) is 37.3 Å². The van der Waals surface area contributed by atoms with Gasteiger partial charge >= 0.3 is 0 Å². The number of carbonyl (C=O) groups is 2. The second-order valence-corrected chi connectivity index (χ2v) is 5.63. The molecule has 1 saturated heterocycles. The van der Waals surface area contributed by atoms with E-state index in [4.69, 9.17) is 6.42 Å². The third-order valence-electron chi connectivity index (χ3n) is 4.07. The second-order valence-electron chi connectivity index (χ2n) is 5.63. The molecule has 1 aromatic carbocycles. The monoisotopic (exact) mass is 284 g/mol. The molecule has 4 nitrogen and oxygen atoms in total. The summed E-state index contributed by atoms with van der Waals surface area (Å²) in [7, 11) is 0. The summed E-state index contributed by atoms with van der Waals surface area (Å²) in [5.74, 6) is 2.28. The average Bonchev–Trinajstić information content (AvgIpc) is 2.47. The Kier molecular flexibility index (Phi) is 4.04. The van der Waals surface area contributed by atoms with Crippen LogP contribution in [0.15, 0.2) is 30.3 Å². The number of hydrogen-bond acceptors (Lipinski definition) is 2. The Hall–Kier alpha value is -2.28. The van der Waals surface area contributed by atoms with Crippen molar-refractivity contribution in [3.05, 3.63) is 35.9 Å². The number of nitrogens with zero attached hydrogens (tertiary/aromatic N) is 1. The van der Waals surface area contributed by atoms with Crippen LogP contribution in [0.1, 0.15) is 32.8 Å². The number of piperazine rings is 1. The normalized spacial score (nSPS) is 27.0. The van der Waals surface area contributed by atoms with Crippen LogP contribution in [0, 0.1) is 12.3 Å². The van der Waals surface area contributed by atoms with Crippen molar-refractivity contribution in [1.82, 2.24) is 10.2 Å². The predicted molar refractivity (Wildman–Crippen MR) is 81.2 cm³/mol. The van der Waals surface area contributed by atoms with Gasteiger partial charge < -0.3 is 10.2 Å². The van der Waals surface area contributed by atoms with Crippen molar-refractivity contribution < 1.29 is 9.59 Å². The van der Waals surface area contributed by atoms with Gasteiger partial charge in [0.1, 0.15) is 11.6 Å². The molecule has 1 aromatic rings. The molecule has 1 aliphatic heterocycles. The molecule has 1 N–H and O–H groups in total. The number of terminal acetylenes is 1. The number of carbonyl (C=O) groups excluding carboxylic acids is 2. The van der Waals surface area contributed by atoms with Crippen LogP contribution < -0.4 is 5.32 Å². The molecular formula is C17H20N2O2. The molecule has 2 amide bonds. The standard InChI is InChI=1S/C17H20N2O2/c1-5-9-12(2)19-13(3)15(20)18-17(4,16(19)21)14-10-7-6-8-11-14/h1,6-8,10-13H,9H2,2-4H3,(H,18,20). The minimum Gasteiger partial charge on any atom is -0.336 e. The Morgan fingerprint density at radius 2 is 2.00 bits per heavy atom. The summed E-state index contributed by atoms with van der Waals surface area (Å²) in [6.45, 7) is 5.34. The van der Waals surface area contributed by atoms with E-state index in [0.29, 0.717) is 6.42 Å². The molecule has 1 heterocycles. The van der Waals surface area contributed by atoms with Crippen molar-refractivity contribution in [2.75, 3.05) is 0 Å². The Balaban J connectivity index is 2.44. The maximum atomic E-state index is 13.0. The van der Waals surface area contributed by atoms with Crippen molar-refractivity contribution in [2.24, 2.45) is 0 Å². The van der Waals surface area contributed by atoms with Gasteiger partial charge in [0.25, 0.3) is 5.91 Å². The Labute approximate surface area is 125 Å². The molecule has 0 aromatic heterocycles. The van der Waals surface area contributed by atoms with Crippen LogP contribution >= 0.6 is 0 Å². The lowest BCUT2D eigenvalue weighted by Crippen LogP contribution is -2.68. The van der Waals surface area contributed by atoms with E-state index in [2.05, 4.69) is 11.2 Å². The van der Waals surface area contributed by atoms with E-state index in [1.165, 1.54) is 0 Å². The van der Waals surface area contributed by atoms with Crippen LogP contribution in [-0.4, -0.2) is 28.8 Å². The molecule has 0 spiro atoms. The average molecular weight is 284 g/mol. The van der Waals surface area contributed by atoms with Gasteiger partial charge in [-0.2, -0.15) is 0 Å². The minimum atomic E-state index is -1.05. The summed E-state index contributed by atoms with van der Waals surface area (Å²) >= 11 is 0. The number of amides is 2. The highest BCUT2D eigenvalue weighted by molar-refractivity contribution is 6.00. The molecule has 1 fully saturated rings. The van der Waals surface area contributed by atoms with E-state index in [1.54, 1.807) is 18.7 Å². The molecule has 1 aliphatic rings. The van der Waals surface area contributed by atoms with Crippen LogP contribution in [-0.2, 0) is 15.1 Å². The minimum absolute atomic E-state index is 0.122. The van der Waals surface area contributed by atoms with Crippen molar-refractivity contribution in [1.29, 1.82) is 0 Å². The maximum Gasteiger partial charge on any atom is 0.253 e. The summed E-state index contributed by atoms with van der Waals surface area (Å²) in [6.07, 6.45) is 5.78. The quantitative estimate of drug-likeness (QED) is 0.858. The fraction of sp³-hybridized carbons (Fsp3) is 0.412. The van der Waals surface area contributed by atoms with Gasteiger partial charge in [0, 0.05) is 12.5 Å². The van der Waals surface area contributed by atoms with Gasteiger partial charge in [0.2, 0.25) is 5.91 Å². The first-order chi connectivity index (χ1) is 9.91. The molecule has 21 heavy (non-hydrogen) atoms. The molecular weight excluding hydrogens is 264 g/mol. The van der Waals surface area contributed by atoms with Crippen LogP contribution in [0.4, 0.5) is 0 Å². The molecule has 3 unspecified atom stereocenters. The van der Waals surface area contributed by atoms with Gasteiger partial charge in [-0.05, 0) is 26.3 Å². The lowest BCUT2D eigenvalue weighted by molar-refractivity contribution is -0.156. The molecule has 3 atom stereocenters. The third-order valence-corrected chi connectivity index (χ3v) is 4.07. The fourth-order valence-corrected chi connectivity index (χ4v) is 2.78. The smallest absolute Gasteiger partial charge is 0.253 e. The van der Waals surface area contributed by atoms with E-state index in [-0.39, 0.29) is 17.9 Å². The van der Waals surface area contributed by atoms with E-state index in [9.17, 15) is 9.59 Å². The summed E-state index contributed by atoms with van der Waals surface area (Å²) < 4.78 is 0. The molecule has 4 heteroatoms. The van der Waals surface area contributed by atoms with Crippen molar-refractivity contribution in [3.63, 3.8) is 0 Å². The topological polar surface area (TPSA) is 49.4 Å². The maximum absolute atomic E-state index is 13.0. The summed E-state index contributed by atoms with van der Waals surface area (Å²) in [6, 6.07) is 8.59. The first kappa shape index (κ1) is 15.1. The third kappa shape index (κ3) is 2.52. The van der Waals surface area contributed by atoms with Gasteiger partial charge in [0.15, 0.2) is 0 Å². The lowest BCUT2D eigenvalue weighted by Gasteiger charge is -2.45. The van der Waals surface area contributed by atoms with Crippen molar-refractivity contribution in [3.8, 4) is 12.3 Å². The number of nitrogens with one attached hydrogen (secondary N) is 1. The van der Waals surface area contributed by atoms with Crippen LogP contribution in [0.2, 0.25) is 0 Å². The Morgan fingerprint density at radius 1 is 1.38 bits per heavy atom. The Bertz CT molecular complexity index is 591.